The highest BCUT2D eigenvalue weighted by Crippen LogP contribution is 2.28. The first kappa shape index (κ1) is 17.9. The molecular weight excluding hydrogens is 354 g/mol. The molecule has 1 N–H and O–H groups in total. The molecule has 2 aromatic heterocycles. The Morgan fingerprint density at radius 3 is 2.96 bits per heavy atom. The van der Waals surface area contributed by atoms with Crippen LogP contribution in [0.5, 0.6) is 0 Å². The number of thioether (sulfide) groups is 1. The van der Waals surface area contributed by atoms with Crippen LogP contribution in [-0.2, 0) is 11.2 Å². The first-order valence-corrected chi connectivity index (χ1v) is 10.1. The molecular formula is C18H21N3O2S2. The average molecular weight is 376 g/mol. The molecule has 2 heterocycles. The maximum Gasteiger partial charge on any atom is 0.230 e. The van der Waals surface area contributed by atoms with Gasteiger partial charge in [-0.1, -0.05) is 42.5 Å². The predicted molar refractivity (Wildman–Crippen MR) is 104 cm³/mol. The Labute approximate surface area is 155 Å². The minimum absolute atomic E-state index is 0.107. The van der Waals surface area contributed by atoms with Crippen LogP contribution in [-0.4, -0.2) is 21.9 Å². The van der Waals surface area contributed by atoms with E-state index in [1.807, 2.05) is 19.9 Å². The molecule has 0 fully saturated rings. The van der Waals surface area contributed by atoms with E-state index in [9.17, 15) is 4.79 Å². The van der Waals surface area contributed by atoms with Crippen molar-refractivity contribution in [2.75, 3.05) is 11.1 Å². The van der Waals surface area contributed by atoms with Crippen molar-refractivity contribution in [2.24, 2.45) is 0 Å². The molecule has 0 saturated carbocycles. The van der Waals surface area contributed by atoms with E-state index in [1.54, 1.807) is 18.0 Å². The number of nitrogens with one attached hydrogen (secondary N) is 1. The molecule has 0 aliphatic heterocycles. The van der Waals surface area contributed by atoms with Crippen LogP contribution in [0, 0.1) is 13.8 Å². The number of amides is 1. The normalized spacial score (nSPS) is 11.2. The topological polar surface area (TPSA) is 68.0 Å². The molecule has 0 radical (unpaired) electrons. The Balaban J connectivity index is 1.65. The van der Waals surface area contributed by atoms with Crippen molar-refractivity contribution in [3.05, 3.63) is 35.1 Å². The van der Waals surface area contributed by atoms with E-state index in [4.69, 9.17) is 4.42 Å². The number of anilines is 1. The van der Waals surface area contributed by atoms with Crippen LogP contribution in [0.3, 0.4) is 0 Å². The third kappa shape index (κ3) is 4.41. The number of rotatable bonds is 7. The summed E-state index contributed by atoms with van der Waals surface area (Å²) in [5.41, 5.74) is 3.99. The van der Waals surface area contributed by atoms with Gasteiger partial charge in [0.1, 0.15) is 5.58 Å². The molecule has 0 aliphatic carbocycles. The van der Waals surface area contributed by atoms with Crippen LogP contribution < -0.4 is 5.32 Å². The lowest BCUT2D eigenvalue weighted by Crippen LogP contribution is -2.14. The summed E-state index contributed by atoms with van der Waals surface area (Å²) in [7, 11) is 0. The fourth-order valence-electron chi connectivity index (χ4n) is 2.72. The van der Waals surface area contributed by atoms with Crippen LogP contribution in [0.2, 0.25) is 0 Å². The van der Waals surface area contributed by atoms with Gasteiger partial charge in [0.15, 0.2) is 4.34 Å². The van der Waals surface area contributed by atoms with E-state index >= 15 is 0 Å². The van der Waals surface area contributed by atoms with E-state index in [0.29, 0.717) is 5.13 Å². The van der Waals surface area contributed by atoms with Crippen LogP contribution in [0.1, 0.15) is 36.5 Å². The number of aromatic nitrogens is 2. The number of aryl methyl sites for hydroxylation is 2. The van der Waals surface area contributed by atoms with Crippen molar-refractivity contribution >= 4 is 45.1 Å². The molecule has 3 rings (SSSR count). The van der Waals surface area contributed by atoms with Gasteiger partial charge in [-0.15, -0.1) is 10.2 Å². The number of unbranched alkanes of at least 4 members (excludes halogenated alkanes) is 1. The first-order valence-electron chi connectivity index (χ1n) is 8.30. The van der Waals surface area contributed by atoms with Crippen LogP contribution in [0.15, 0.2) is 27.2 Å². The monoisotopic (exact) mass is 375 g/mol. The van der Waals surface area contributed by atoms with E-state index in [1.165, 1.54) is 11.3 Å². The number of carbonyl (C=O) groups is 1. The fourth-order valence-corrected chi connectivity index (χ4v) is 4.64. The van der Waals surface area contributed by atoms with Gasteiger partial charge < -0.3 is 9.73 Å². The number of carbonyl (C=O) groups excluding carboxylic acids is 1. The lowest BCUT2D eigenvalue weighted by Gasteiger charge is -2.02. The molecule has 0 saturated heterocycles. The Morgan fingerprint density at radius 2 is 2.16 bits per heavy atom. The standard InChI is InChI=1S/C18H21N3O2S2/c1-4-5-6-24-18-21-20-17(25-18)19-15(22)9-13-10-23-14-8-11(2)7-12(3)16(13)14/h7-8,10H,4-6,9H2,1-3H3,(H,19,20,22). The molecule has 1 amide bonds. The third-order valence-corrected chi connectivity index (χ3v) is 5.88. The van der Waals surface area contributed by atoms with Crippen molar-refractivity contribution in [2.45, 2.75) is 44.4 Å². The minimum Gasteiger partial charge on any atom is -0.464 e. The van der Waals surface area contributed by atoms with Crippen LogP contribution >= 0.6 is 23.1 Å². The lowest BCUT2D eigenvalue weighted by molar-refractivity contribution is -0.115. The summed E-state index contributed by atoms with van der Waals surface area (Å²) >= 11 is 3.10. The quantitative estimate of drug-likeness (QED) is 0.358. The van der Waals surface area contributed by atoms with Gasteiger partial charge in [0.05, 0.1) is 12.7 Å². The van der Waals surface area contributed by atoms with E-state index in [-0.39, 0.29) is 12.3 Å². The Bertz CT molecular complexity index is 886. The zero-order valence-electron chi connectivity index (χ0n) is 14.6. The van der Waals surface area contributed by atoms with Crippen molar-refractivity contribution in [1.82, 2.24) is 10.2 Å². The highest BCUT2D eigenvalue weighted by molar-refractivity contribution is 8.01. The fraction of sp³-hybridized carbons (Fsp3) is 0.389. The average Bonchev–Trinajstić information content (AvgIpc) is 3.15. The molecule has 5 nitrogen and oxygen atoms in total. The zero-order valence-corrected chi connectivity index (χ0v) is 16.2. The molecule has 7 heteroatoms. The van der Waals surface area contributed by atoms with Gasteiger partial charge in [0, 0.05) is 16.7 Å². The van der Waals surface area contributed by atoms with Crippen LogP contribution in [0.4, 0.5) is 5.13 Å². The van der Waals surface area contributed by atoms with Gasteiger partial charge in [0.25, 0.3) is 0 Å². The molecule has 1 aromatic carbocycles. The summed E-state index contributed by atoms with van der Waals surface area (Å²) in [6.45, 7) is 6.23. The van der Waals surface area contributed by atoms with Crippen LogP contribution in [0.25, 0.3) is 11.0 Å². The maximum atomic E-state index is 12.4. The van der Waals surface area contributed by atoms with Crippen molar-refractivity contribution in [3.8, 4) is 0 Å². The number of furan rings is 1. The van der Waals surface area contributed by atoms with Gasteiger partial charge in [-0.05, 0) is 37.5 Å². The highest BCUT2D eigenvalue weighted by atomic mass is 32.2. The summed E-state index contributed by atoms with van der Waals surface area (Å²) in [6.07, 6.45) is 4.24. The second kappa shape index (κ2) is 8.01. The maximum absolute atomic E-state index is 12.4. The molecule has 0 spiro atoms. The zero-order chi connectivity index (χ0) is 17.8. The highest BCUT2D eigenvalue weighted by Gasteiger charge is 2.14. The second-order valence-electron chi connectivity index (χ2n) is 6.02. The smallest absolute Gasteiger partial charge is 0.230 e. The number of benzene rings is 1. The molecule has 3 aromatic rings. The number of fused-ring (bicyclic) bond motifs is 1. The molecule has 0 bridgehead atoms. The largest absolute Gasteiger partial charge is 0.464 e. The van der Waals surface area contributed by atoms with E-state index in [0.717, 1.165) is 50.6 Å². The summed E-state index contributed by atoms with van der Waals surface area (Å²) in [4.78, 5) is 12.4. The van der Waals surface area contributed by atoms with E-state index in [2.05, 4.69) is 28.5 Å². The molecule has 25 heavy (non-hydrogen) atoms. The molecule has 132 valence electrons. The lowest BCUT2D eigenvalue weighted by atomic mass is 10.0. The Kier molecular flexibility index (Phi) is 5.75. The summed E-state index contributed by atoms with van der Waals surface area (Å²) in [5, 5.41) is 12.6. The van der Waals surface area contributed by atoms with Gasteiger partial charge >= 0.3 is 0 Å². The van der Waals surface area contributed by atoms with Crippen molar-refractivity contribution < 1.29 is 9.21 Å². The number of hydrogen-bond donors (Lipinski definition) is 1. The summed E-state index contributed by atoms with van der Waals surface area (Å²) in [6, 6.07) is 4.10. The predicted octanol–water partition coefficient (Wildman–Crippen LogP) is 4.97. The number of nitrogens with zero attached hydrogens (tertiary/aromatic N) is 2. The first-order chi connectivity index (χ1) is 12.1. The minimum atomic E-state index is -0.107. The van der Waals surface area contributed by atoms with Crippen molar-refractivity contribution in [1.29, 1.82) is 0 Å². The molecule has 0 atom stereocenters. The molecule has 0 unspecified atom stereocenters. The summed E-state index contributed by atoms with van der Waals surface area (Å²) in [5.74, 6) is 0.919. The van der Waals surface area contributed by atoms with E-state index < -0.39 is 0 Å². The number of hydrogen-bond acceptors (Lipinski definition) is 6. The van der Waals surface area contributed by atoms with Gasteiger partial charge in [-0.25, -0.2) is 0 Å². The Morgan fingerprint density at radius 1 is 1.32 bits per heavy atom. The third-order valence-electron chi connectivity index (χ3n) is 3.82. The Hall–Kier alpha value is -1.86. The van der Waals surface area contributed by atoms with Gasteiger partial charge in [0.2, 0.25) is 11.0 Å². The van der Waals surface area contributed by atoms with Gasteiger partial charge in [-0.3, -0.25) is 4.79 Å². The van der Waals surface area contributed by atoms with Gasteiger partial charge in [-0.2, -0.15) is 0 Å². The molecule has 0 aliphatic rings. The van der Waals surface area contributed by atoms with Crippen molar-refractivity contribution in [3.63, 3.8) is 0 Å². The summed E-state index contributed by atoms with van der Waals surface area (Å²) < 4.78 is 6.50. The second-order valence-corrected chi connectivity index (χ2v) is 8.34. The SMILES string of the molecule is CCCCSc1nnc(NC(=O)Cc2coc3cc(C)cc(C)c23)s1.